The average Bonchev–Trinajstić information content (AvgIpc) is 3.39. The molecule has 2 amide bonds. The van der Waals surface area contributed by atoms with E-state index in [1.54, 1.807) is 26.8 Å². The molecule has 1 aliphatic rings. The Morgan fingerprint density at radius 3 is 2.54 bits per heavy atom. The lowest BCUT2D eigenvalue weighted by Crippen LogP contribution is -2.32. The summed E-state index contributed by atoms with van der Waals surface area (Å²) in [5, 5.41) is 5.25. The number of carbonyl (C=O) groups is 2. The standard InChI is InChI=1S/C23H22F3N3O6/c1-22(2,3)35-21(31)27-9-13-8-15(12-4-6-14(7-5-12)34-23(24,25)26)18-19(32-11-29-18)17(13)16-10-28-20(30)33-16/h4-8,11,16H,9-10H2,1-3H3,(H,27,31)(H,28,30). The molecule has 9 nitrogen and oxygen atoms in total. The van der Waals surface area contributed by atoms with Crippen LogP contribution >= 0.6 is 0 Å². The number of alkyl carbamates (subject to hydrolysis) is 2. The first kappa shape index (κ1) is 24.2. The van der Waals surface area contributed by atoms with Gasteiger partial charge in [0.2, 0.25) is 0 Å². The number of alkyl halides is 3. The van der Waals surface area contributed by atoms with Crippen LogP contribution in [-0.4, -0.2) is 35.7 Å². The van der Waals surface area contributed by atoms with Gasteiger partial charge < -0.3 is 29.3 Å². The summed E-state index contributed by atoms with van der Waals surface area (Å²) >= 11 is 0. The van der Waals surface area contributed by atoms with Crippen molar-refractivity contribution in [1.82, 2.24) is 15.6 Å². The Kier molecular flexibility index (Phi) is 6.22. The molecule has 2 aromatic carbocycles. The molecular weight excluding hydrogens is 471 g/mol. The molecule has 0 radical (unpaired) electrons. The molecule has 1 saturated heterocycles. The predicted octanol–water partition coefficient (Wildman–Crippen LogP) is 5.20. The highest BCUT2D eigenvalue weighted by atomic mass is 19.4. The van der Waals surface area contributed by atoms with Crippen LogP contribution in [0.2, 0.25) is 0 Å². The molecule has 3 aromatic rings. The topological polar surface area (TPSA) is 112 Å². The Bertz CT molecular complexity index is 1250. The summed E-state index contributed by atoms with van der Waals surface area (Å²) in [5.41, 5.74) is 2.14. The number of nitrogens with one attached hydrogen (secondary N) is 2. The van der Waals surface area contributed by atoms with Gasteiger partial charge in [0.25, 0.3) is 0 Å². The van der Waals surface area contributed by atoms with Crippen LogP contribution in [0.25, 0.3) is 22.2 Å². The average molecular weight is 493 g/mol. The minimum absolute atomic E-state index is 0.00277. The Balaban J connectivity index is 1.74. The summed E-state index contributed by atoms with van der Waals surface area (Å²) in [6.45, 7) is 5.36. The lowest BCUT2D eigenvalue weighted by molar-refractivity contribution is -0.274. The summed E-state index contributed by atoms with van der Waals surface area (Å²) in [6.07, 6.45) is -5.55. The highest BCUT2D eigenvalue weighted by molar-refractivity contribution is 5.94. The van der Waals surface area contributed by atoms with Gasteiger partial charge in [0, 0.05) is 17.7 Å². The first-order valence-electron chi connectivity index (χ1n) is 10.6. The Morgan fingerprint density at radius 1 is 1.23 bits per heavy atom. The van der Waals surface area contributed by atoms with E-state index in [0.29, 0.717) is 33.4 Å². The second-order valence-electron chi connectivity index (χ2n) is 8.73. The summed E-state index contributed by atoms with van der Waals surface area (Å²) in [4.78, 5) is 28.2. The molecule has 35 heavy (non-hydrogen) atoms. The molecule has 1 aliphatic heterocycles. The van der Waals surface area contributed by atoms with E-state index in [0.717, 1.165) is 0 Å². The van der Waals surface area contributed by atoms with Crippen molar-refractivity contribution < 1.29 is 41.4 Å². The van der Waals surface area contributed by atoms with Gasteiger partial charge in [-0.1, -0.05) is 12.1 Å². The van der Waals surface area contributed by atoms with E-state index in [1.807, 2.05) is 0 Å². The van der Waals surface area contributed by atoms with E-state index in [-0.39, 0.29) is 18.8 Å². The number of fused-ring (bicyclic) bond motifs is 1. The van der Waals surface area contributed by atoms with E-state index in [4.69, 9.17) is 13.9 Å². The van der Waals surface area contributed by atoms with Crippen LogP contribution < -0.4 is 15.4 Å². The second kappa shape index (κ2) is 9.01. The third-order valence-electron chi connectivity index (χ3n) is 4.96. The second-order valence-corrected chi connectivity index (χ2v) is 8.73. The Labute approximate surface area is 197 Å². The zero-order chi connectivity index (χ0) is 25.4. The van der Waals surface area contributed by atoms with Crippen LogP contribution in [0.3, 0.4) is 0 Å². The van der Waals surface area contributed by atoms with Crippen LogP contribution in [0, 0.1) is 0 Å². The highest BCUT2D eigenvalue weighted by Crippen LogP contribution is 2.38. The van der Waals surface area contributed by atoms with Gasteiger partial charge in [-0.15, -0.1) is 13.2 Å². The molecule has 2 N–H and O–H groups in total. The van der Waals surface area contributed by atoms with Crippen LogP contribution in [-0.2, 0) is 16.0 Å². The third-order valence-corrected chi connectivity index (χ3v) is 4.96. The molecule has 1 atom stereocenters. The Morgan fingerprint density at radius 2 is 1.94 bits per heavy atom. The van der Waals surface area contributed by atoms with Crippen molar-refractivity contribution in [2.45, 2.75) is 45.4 Å². The molecule has 186 valence electrons. The van der Waals surface area contributed by atoms with Gasteiger partial charge in [-0.3, -0.25) is 0 Å². The normalized spacial score (nSPS) is 16.1. The lowest BCUT2D eigenvalue weighted by atomic mass is 9.94. The first-order chi connectivity index (χ1) is 16.4. The van der Waals surface area contributed by atoms with Crippen LogP contribution in [0.15, 0.2) is 41.1 Å². The van der Waals surface area contributed by atoms with E-state index in [9.17, 15) is 22.8 Å². The minimum atomic E-state index is -4.81. The molecule has 2 heterocycles. The minimum Gasteiger partial charge on any atom is -0.444 e. The zero-order valence-corrected chi connectivity index (χ0v) is 19.0. The summed E-state index contributed by atoms with van der Waals surface area (Å²) in [7, 11) is 0. The molecular formula is C23H22F3N3O6. The number of amides is 2. The van der Waals surface area contributed by atoms with E-state index >= 15 is 0 Å². The van der Waals surface area contributed by atoms with Gasteiger partial charge in [0.1, 0.15) is 16.9 Å². The number of oxazole rings is 1. The molecule has 0 aliphatic carbocycles. The number of cyclic esters (lactones) is 1. The maximum atomic E-state index is 12.5. The predicted molar refractivity (Wildman–Crippen MR) is 116 cm³/mol. The summed E-state index contributed by atoms with van der Waals surface area (Å²) < 4.78 is 57.8. The van der Waals surface area contributed by atoms with Crippen molar-refractivity contribution in [3.8, 4) is 16.9 Å². The largest absolute Gasteiger partial charge is 0.573 e. The fourth-order valence-corrected chi connectivity index (χ4v) is 3.68. The van der Waals surface area contributed by atoms with E-state index < -0.39 is 30.3 Å². The van der Waals surface area contributed by atoms with Gasteiger partial charge in [-0.2, -0.15) is 0 Å². The molecule has 1 aromatic heterocycles. The van der Waals surface area contributed by atoms with Crippen molar-refractivity contribution >= 4 is 23.3 Å². The van der Waals surface area contributed by atoms with Crippen molar-refractivity contribution in [2.75, 3.05) is 6.54 Å². The molecule has 0 saturated carbocycles. The monoisotopic (exact) mass is 493 g/mol. The smallest absolute Gasteiger partial charge is 0.444 e. The maximum absolute atomic E-state index is 12.5. The zero-order valence-electron chi connectivity index (χ0n) is 19.0. The number of halogens is 3. The van der Waals surface area contributed by atoms with Crippen molar-refractivity contribution in [3.63, 3.8) is 0 Å². The number of hydrogen-bond acceptors (Lipinski definition) is 7. The fraction of sp³-hybridized carbons (Fsp3) is 0.348. The molecule has 12 heteroatoms. The molecule has 0 spiro atoms. The molecule has 4 rings (SSSR count). The van der Waals surface area contributed by atoms with Crippen molar-refractivity contribution in [1.29, 1.82) is 0 Å². The van der Waals surface area contributed by atoms with Crippen LogP contribution in [0.5, 0.6) is 5.75 Å². The van der Waals surface area contributed by atoms with Gasteiger partial charge in [0.15, 0.2) is 18.1 Å². The summed E-state index contributed by atoms with van der Waals surface area (Å²) in [5.74, 6) is -0.370. The first-order valence-corrected chi connectivity index (χ1v) is 10.6. The van der Waals surface area contributed by atoms with E-state index in [2.05, 4.69) is 20.4 Å². The Hall–Kier alpha value is -3.96. The number of nitrogens with zero attached hydrogens (tertiary/aromatic N) is 1. The molecule has 0 bridgehead atoms. The van der Waals surface area contributed by atoms with Gasteiger partial charge in [-0.05, 0) is 50.1 Å². The van der Waals surface area contributed by atoms with Crippen LogP contribution in [0.4, 0.5) is 22.8 Å². The lowest BCUT2D eigenvalue weighted by Gasteiger charge is -2.21. The third kappa shape index (κ3) is 5.76. The molecule has 1 fully saturated rings. The quantitative estimate of drug-likeness (QED) is 0.503. The highest BCUT2D eigenvalue weighted by Gasteiger charge is 2.32. The van der Waals surface area contributed by atoms with Crippen molar-refractivity contribution in [2.24, 2.45) is 0 Å². The number of rotatable bonds is 5. The number of aromatic nitrogens is 1. The number of carbonyl (C=O) groups excluding carboxylic acids is 2. The number of benzene rings is 2. The van der Waals surface area contributed by atoms with Gasteiger partial charge in [-0.25, -0.2) is 14.6 Å². The molecule has 1 unspecified atom stereocenters. The SMILES string of the molecule is CC(C)(C)OC(=O)NCc1cc(-c2ccc(OC(F)(F)F)cc2)c2ncoc2c1C1CNC(=O)O1. The van der Waals surface area contributed by atoms with E-state index in [1.165, 1.54) is 30.7 Å². The fourth-order valence-electron chi connectivity index (χ4n) is 3.68. The van der Waals surface area contributed by atoms with Crippen molar-refractivity contribution in [3.05, 3.63) is 47.9 Å². The number of hydrogen-bond donors (Lipinski definition) is 2. The maximum Gasteiger partial charge on any atom is 0.573 e. The summed E-state index contributed by atoms with van der Waals surface area (Å²) in [6, 6.07) is 6.98. The number of ether oxygens (including phenoxy) is 3. The van der Waals surface area contributed by atoms with Crippen LogP contribution in [0.1, 0.15) is 38.0 Å². The van der Waals surface area contributed by atoms with Gasteiger partial charge in [0.05, 0.1) is 6.54 Å². The van der Waals surface area contributed by atoms with Gasteiger partial charge >= 0.3 is 18.5 Å².